The summed E-state index contributed by atoms with van der Waals surface area (Å²) in [7, 11) is 0. The molecule has 0 spiro atoms. The molecule has 2 rings (SSSR count). The Morgan fingerprint density at radius 2 is 2.43 bits per heavy atom. The first kappa shape index (κ1) is 9.71. The maximum Gasteiger partial charge on any atom is 0.303 e. The van der Waals surface area contributed by atoms with E-state index in [9.17, 15) is 4.79 Å². The summed E-state index contributed by atoms with van der Waals surface area (Å²) in [5.74, 6) is 0.922. The van der Waals surface area contributed by atoms with Gasteiger partial charge in [-0.15, -0.1) is 0 Å². The highest BCUT2D eigenvalue weighted by atomic mass is 16.4. The van der Waals surface area contributed by atoms with E-state index in [1.165, 1.54) is 12.8 Å². The molecule has 1 saturated carbocycles. The minimum absolute atomic E-state index is 0.281. The largest absolute Gasteiger partial charge is 0.481 e. The molecule has 78 valence electrons. The molecule has 0 amide bonds. The summed E-state index contributed by atoms with van der Waals surface area (Å²) >= 11 is 0. The van der Waals surface area contributed by atoms with Crippen LogP contribution in [0.4, 0.5) is 0 Å². The monoisotopic (exact) mass is 195 g/mol. The van der Waals surface area contributed by atoms with Crippen molar-refractivity contribution < 1.29 is 9.90 Å². The fourth-order valence-electron chi connectivity index (χ4n) is 2.47. The Hall–Kier alpha value is -0.830. The lowest BCUT2D eigenvalue weighted by atomic mass is 9.71. The van der Waals surface area contributed by atoms with Gasteiger partial charge in [0, 0.05) is 12.5 Å². The zero-order valence-corrected chi connectivity index (χ0v) is 8.28. The van der Waals surface area contributed by atoms with Gasteiger partial charge >= 0.3 is 5.97 Å². The Labute approximate surface area is 84.2 Å². The van der Waals surface area contributed by atoms with Crippen LogP contribution in [0.3, 0.4) is 0 Å². The molecule has 2 N–H and O–H groups in total. The lowest BCUT2D eigenvalue weighted by Crippen LogP contribution is -2.48. The van der Waals surface area contributed by atoms with Crippen LogP contribution in [-0.4, -0.2) is 23.7 Å². The molecule has 0 aliphatic heterocycles. The third-order valence-electron chi connectivity index (χ3n) is 3.34. The number of aliphatic carboxylic acids is 1. The van der Waals surface area contributed by atoms with Crippen molar-refractivity contribution in [2.24, 2.45) is 11.8 Å². The first-order valence-corrected chi connectivity index (χ1v) is 5.39. The van der Waals surface area contributed by atoms with Crippen LogP contribution in [0.25, 0.3) is 0 Å². The van der Waals surface area contributed by atoms with Crippen molar-refractivity contribution in [1.29, 1.82) is 0 Å². The van der Waals surface area contributed by atoms with Crippen LogP contribution in [0.1, 0.15) is 25.7 Å². The summed E-state index contributed by atoms with van der Waals surface area (Å²) in [6.45, 7) is 0.841. The summed E-state index contributed by atoms with van der Waals surface area (Å²) in [5, 5.41) is 11.9. The van der Waals surface area contributed by atoms with E-state index in [1.54, 1.807) is 0 Å². The van der Waals surface area contributed by atoms with Crippen molar-refractivity contribution >= 4 is 5.97 Å². The molecule has 3 heteroatoms. The first-order chi connectivity index (χ1) is 6.77. The van der Waals surface area contributed by atoms with Crippen LogP contribution in [-0.2, 0) is 4.79 Å². The second-order valence-corrected chi connectivity index (χ2v) is 4.29. The normalized spacial score (nSPS) is 33.9. The number of hydrogen-bond donors (Lipinski definition) is 2. The topological polar surface area (TPSA) is 49.3 Å². The number of hydrogen-bond acceptors (Lipinski definition) is 2. The Kier molecular flexibility index (Phi) is 2.87. The number of nitrogens with one attached hydrogen (secondary N) is 1. The first-order valence-electron chi connectivity index (χ1n) is 5.39. The molecular weight excluding hydrogens is 178 g/mol. The standard InChI is InChI=1S/C11H17NO2/c13-11(14)5-2-6-12-10-7-8-3-1-4-9(8)10/h1,4,8-10,12H,2-3,5-7H2,(H,13,14). The molecule has 2 aliphatic carbocycles. The van der Waals surface area contributed by atoms with Gasteiger partial charge in [0.05, 0.1) is 0 Å². The van der Waals surface area contributed by atoms with Crippen molar-refractivity contribution in [2.45, 2.75) is 31.7 Å². The average Bonchev–Trinajstić information content (AvgIpc) is 2.46. The van der Waals surface area contributed by atoms with E-state index in [0.29, 0.717) is 6.04 Å². The van der Waals surface area contributed by atoms with Gasteiger partial charge in [0.25, 0.3) is 0 Å². The Bertz CT molecular complexity index is 250. The van der Waals surface area contributed by atoms with Crippen molar-refractivity contribution in [2.75, 3.05) is 6.54 Å². The molecule has 0 radical (unpaired) electrons. The van der Waals surface area contributed by atoms with Crippen molar-refractivity contribution in [3.63, 3.8) is 0 Å². The minimum atomic E-state index is -0.695. The van der Waals surface area contributed by atoms with E-state index in [-0.39, 0.29) is 6.42 Å². The third-order valence-corrected chi connectivity index (χ3v) is 3.34. The molecule has 0 aromatic carbocycles. The molecule has 0 saturated heterocycles. The molecule has 0 aromatic rings. The van der Waals surface area contributed by atoms with Gasteiger partial charge in [-0.25, -0.2) is 0 Å². The van der Waals surface area contributed by atoms with E-state index in [0.717, 1.165) is 24.8 Å². The van der Waals surface area contributed by atoms with Gasteiger partial charge in [0.2, 0.25) is 0 Å². The highest BCUT2D eigenvalue weighted by Gasteiger charge is 2.40. The summed E-state index contributed by atoms with van der Waals surface area (Å²) < 4.78 is 0. The second kappa shape index (κ2) is 4.13. The summed E-state index contributed by atoms with van der Waals surface area (Å²) in [4.78, 5) is 10.3. The van der Waals surface area contributed by atoms with E-state index >= 15 is 0 Å². The molecule has 1 fully saturated rings. The Morgan fingerprint density at radius 1 is 1.57 bits per heavy atom. The number of rotatable bonds is 5. The van der Waals surface area contributed by atoms with Gasteiger partial charge < -0.3 is 10.4 Å². The molecule has 0 aromatic heterocycles. The average molecular weight is 195 g/mol. The predicted molar refractivity (Wildman–Crippen MR) is 54.0 cm³/mol. The van der Waals surface area contributed by atoms with E-state index in [1.807, 2.05) is 0 Å². The van der Waals surface area contributed by atoms with E-state index < -0.39 is 5.97 Å². The van der Waals surface area contributed by atoms with Gasteiger partial charge in [-0.05, 0) is 37.6 Å². The fraction of sp³-hybridized carbons (Fsp3) is 0.727. The van der Waals surface area contributed by atoms with E-state index in [4.69, 9.17) is 5.11 Å². The van der Waals surface area contributed by atoms with Gasteiger partial charge in [0.1, 0.15) is 0 Å². The van der Waals surface area contributed by atoms with Crippen LogP contribution in [0, 0.1) is 11.8 Å². The number of carbonyl (C=O) groups is 1. The number of fused-ring (bicyclic) bond motifs is 1. The van der Waals surface area contributed by atoms with Crippen LogP contribution in [0.2, 0.25) is 0 Å². The third kappa shape index (κ3) is 1.98. The zero-order valence-electron chi connectivity index (χ0n) is 8.28. The highest BCUT2D eigenvalue weighted by molar-refractivity contribution is 5.66. The molecule has 3 unspecified atom stereocenters. The van der Waals surface area contributed by atoms with Crippen LogP contribution >= 0.6 is 0 Å². The fourth-order valence-corrected chi connectivity index (χ4v) is 2.47. The lowest BCUT2D eigenvalue weighted by molar-refractivity contribution is -0.137. The maximum absolute atomic E-state index is 10.3. The van der Waals surface area contributed by atoms with Crippen molar-refractivity contribution in [3.8, 4) is 0 Å². The Balaban J connectivity index is 1.59. The van der Waals surface area contributed by atoms with Crippen LogP contribution in [0.15, 0.2) is 12.2 Å². The number of allylic oxidation sites excluding steroid dienone is 1. The zero-order chi connectivity index (χ0) is 9.97. The molecular formula is C11H17NO2. The number of carboxylic acids is 1. The predicted octanol–water partition coefficient (Wildman–Crippen LogP) is 1.41. The van der Waals surface area contributed by atoms with Gasteiger partial charge in [-0.2, -0.15) is 0 Å². The molecule has 3 nitrogen and oxygen atoms in total. The van der Waals surface area contributed by atoms with Gasteiger partial charge in [-0.1, -0.05) is 12.2 Å². The van der Waals surface area contributed by atoms with Gasteiger partial charge in [0.15, 0.2) is 0 Å². The van der Waals surface area contributed by atoms with Crippen LogP contribution in [0.5, 0.6) is 0 Å². The highest BCUT2D eigenvalue weighted by Crippen LogP contribution is 2.42. The van der Waals surface area contributed by atoms with Crippen molar-refractivity contribution in [1.82, 2.24) is 5.32 Å². The molecule has 0 bridgehead atoms. The Morgan fingerprint density at radius 3 is 3.14 bits per heavy atom. The van der Waals surface area contributed by atoms with E-state index in [2.05, 4.69) is 17.5 Å². The summed E-state index contributed by atoms with van der Waals surface area (Å²) in [6.07, 6.45) is 8.12. The minimum Gasteiger partial charge on any atom is -0.481 e. The maximum atomic E-state index is 10.3. The smallest absolute Gasteiger partial charge is 0.303 e. The molecule has 14 heavy (non-hydrogen) atoms. The summed E-state index contributed by atoms with van der Waals surface area (Å²) in [5.41, 5.74) is 0. The lowest BCUT2D eigenvalue weighted by Gasteiger charge is -2.40. The number of carboxylic acid groups (broad SMARTS) is 1. The molecule has 3 atom stereocenters. The SMILES string of the molecule is O=C(O)CCCNC1CC2CC=CC21. The quantitative estimate of drug-likeness (QED) is 0.515. The van der Waals surface area contributed by atoms with Crippen molar-refractivity contribution in [3.05, 3.63) is 12.2 Å². The molecule has 2 aliphatic rings. The second-order valence-electron chi connectivity index (χ2n) is 4.29. The summed E-state index contributed by atoms with van der Waals surface area (Å²) in [6, 6.07) is 0.618. The van der Waals surface area contributed by atoms with Crippen LogP contribution < -0.4 is 5.32 Å². The van der Waals surface area contributed by atoms with Gasteiger partial charge in [-0.3, -0.25) is 4.79 Å². The molecule has 0 heterocycles.